The van der Waals surface area contributed by atoms with Crippen molar-refractivity contribution in [3.63, 3.8) is 0 Å². The first-order chi connectivity index (χ1) is 12.0. The largest absolute Gasteiger partial charge is 0.491 e. The average molecular weight is 451 g/mol. The van der Waals surface area contributed by atoms with Crippen LogP contribution in [-0.4, -0.2) is 41.8 Å². The number of rotatable bonds is 6. The van der Waals surface area contributed by atoms with Crippen LogP contribution in [0, 0.1) is 3.57 Å². The lowest BCUT2D eigenvalue weighted by molar-refractivity contribution is -0.0210. The van der Waals surface area contributed by atoms with Gasteiger partial charge in [0.05, 0.1) is 0 Å². The van der Waals surface area contributed by atoms with Gasteiger partial charge in [0.15, 0.2) is 0 Å². The number of aliphatic hydroxyl groups is 1. The minimum atomic E-state index is -0.827. The number of β-amino-alcohol motifs (C(OH)–C–C–N with tert-alkyl or cyclic N) is 1. The van der Waals surface area contributed by atoms with Crippen LogP contribution in [0.25, 0.3) is 11.1 Å². The van der Waals surface area contributed by atoms with Gasteiger partial charge >= 0.3 is 0 Å². The van der Waals surface area contributed by atoms with Gasteiger partial charge in [-0.05, 0) is 90.8 Å². The van der Waals surface area contributed by atoms with Crippen LogP contribution in [0.4, 0.5) is 0 Å². The lowest BCUT2D eigenvalue weighted by Crippen LogP contribution is -2.46. The highest BCUT2D eigenvalue weighted by molar-refractivity contribution is 14.1. The van der Waals surface area contributed by atoms with Gasteiger partial charge in [-0.2, -0.15) is 0 Å². The van der Waals surface area contributed by atoms with Crippen LogP contribution in [-0.2, 0) is 0 Å². The zero-order valence-corrected chi connectivity index (χ0v) is 16.9. The smallest absolute Gasteiger partial charge is 0.119 e. The summed E-state index contributed by atoms with van der Waals surface area (Å²) in [5, 5.41) is 10.6. The molecule has 0 amide bonds. The molecule has 1 atom stereocenters. The molecule has 2 aromatic rings. The molecular formula is C21H26INO2. The van der Waals surface area contributed by atoms with Gasteiger partial charge in [-0.15, -0.1) is 0 Å². The van der Waals surface area contributed by atoms with Crippen LogP contribution in [0.15, 0.2) is 48.5 Å². The molecule has 0 saturated carbocycles. The number of ether oxygens (including phenoxy) is 1. The Labute approximate surface area is 164 Å². The van der Waals surface area contributed by atoms with Crippen molar-refractivity contribution in [3.8, 4) is 16.9 Å². The molecular weight excluding hydrogens is 425 g/mol. The highest BCUT2D eigenvalue weighted by atomic mass is 127. The van der Waals surface area contributed by atoms with Gasteiger partial charge in [0.2, 0.25) is 0 Å². The van der Waals surface area contributed by atoms with E-state index in [9.17, 15) is 5.11 Å². The maximum Gasteiger partial charge on any atom is 0.119 e. The predicted octanol–water partition coefficient (Wildman–Crippen LogP) is 4.57. The number of halogens is 1. The van der Waals surface area contributed by atoms with E-state index in [1.165, 1.54) is 34.0 Å². The fourth-order valence-corrected chi connectivity index (χ4v) is 3.63. The van der Waals surface area contributed by atoms with Crippen LogP contribution in [0.3, 0.4) is 0 Å². The summed E-state index contributed by atoms with van der Waals surface area (Å²) in [6.07, 6.45) is 3.77. The van der Waals surface area contributed by atoms with Crippen LogP contribution in [0.5, 0.6) is 5.75 Å². The Hall–Kier alpha value is -1.11. The fourth-order valence-electron chi connectivity index (χ4n) is 3.27. The number of hydrogen-bond donors (Lipinski definition) is 1. The van der Waals surface area contributed by atoms with Crippen molar-refractivity contribution in [3.05, 3.63) is 52.1 Å². The number of piperidine rings is 1. The van der Waals surface area contributed by atoms with Crippen LogP contribution >= 0.6 is 22.6 Å². The molecule has 134 valence electrons. The summed E-state index contributed by atoms with van der Waals surface area (Å²) in [6, 6.07) is 16.6. The molecule has 3 rings (SSSR count). The molecule has 1 aliphatic rings. The maximum absolute atomic E-state index is 10.6. The molecule has 3 nitrogen and oxygen atoms in total. The first-order valence-electron chi connectivity index (χ1n) is 8.95. The molecule has 1 heterocycles. The van der Waals surface area contributed by atoms with E-state index in [2.05, 4.69) is 63.9 Å². The number of nitrogens with zero attached hydrogens (tertiary/aromatic N) is 1. The highest BCUT2D eigenvalue weighted by Gasteiger charge is 2.26. The lowest BCUT2D eigenvalue weighted by atomic mass is 10.0. The standard InChI is InChI=1S/C21H26INO2/c1-21(24,15-23-13-3-2-4-14-23)16-25-20-11-7-18(8-12-20)17-5-9-19(22)10-6-17/h5-12,24H,2-4,13-16H2,1H3. The summed E-state index contributed by atoms with van der Waals surface area (Å²) in [5.74, 6) is 0.799. The third kappa shape index (κ3) is 5.69. The number of likely N-dealkylation sites (tertiary alicyclic amines) is 1. The Morgan fingerprint density at radius 2 is 1.52 bits per heavy atom. The second kappa shape index (κ2) is 8.52. The van der Waals surface area contributed by atoms with Crippen LogP contribution in [0.2, 0.25) is 0 Å². The molecule has 0 bridgehead atoms. The highest BCUT2D eigenvalue weighted by Crippen LogP contribution is 2.24. The van der Waals surface area contributed by atoms with Crippen molar-refractivity contribution in [1.29, 1.82) is 0 Å². The third-order valence-electron chi connectivity index (χ3n) is 4.59. The number of benzene rings is 2. The minimum Gasteiger partial charge on any atom is -0.491 e. The Morgan fingerprint density at radius 1 is 0.960 bits per heavy atom. The van der Waals surface area contributed by atoms with E-state index in [4.69, 9.17) is 4.74 Å². The fraction of sp³-hybridized carbons (Fsp3) is 0.429. The Balaban J connectivity index is 1.54. The molecule has 0 aromatic heterocycles. The van der Waals surface area contributed by atoms with E-state index in [-0.39, 0.29) is 0 Å². The zero-order chi connectivity index (χ0) is 17.7. The topological polar surface area (TPSA) is 32.7 Å². The van der Waals surface area contributed by atoms with Gasteiger partial charge in [-0.25, -0.2) is 0 Å². The van der Waals surface area contributed by atoms with Crippen molar-refractivity contribution in [1.82, 2.24) is 4.90 Å². The quantitative estimate of drug-likeness (QED) is 0.654. The van der Waals surface area contributed by atoms with Gasteiger partial charge in [-0.1, -0.05) is 30.7 Å². The average Bonchev–Trinajstić information content (AvgIpc) is 2.62. The summed E-state index contributed by atoms with van der Waals surface area (Å²) in [7, 11) is 0. The van der Waals surface area contributed by atoms with Gasteiger partial charge < -0.3 is 14.7 Å². The van der Waals surface area contributed by atoms with Gasteiger partial charge in [-0.3, -0.25) is 0 Å². The van der Waals surface area contributed by atoms with E-state index in [0.29, 0.717) is 13.2 Å². The van der Waals surface area contributed by atoms with Gasteiger partial charge in [0.1, 0.15) is 18.0 Å². The van der Waals surface area contributed by atoms with Crippen molar-refractivity contribution >= 4 is 22.6 Å². The third-order valence-corrected chi connectivity index (χ3v) is 5.31. The van der Waals surface area contributed by atoms with Crippen LogP contribution in [0.1, 0.15) is 26.2 Å². The van der Waals surface area contributed by atoms with E-state index in [0.717, 1.165) is 18.8 Å². The molecule has 0 spiro atoms. The van der Waals surface area contributed by atoms with Crippen molar-refractivity contribution in [2.75, 3.05) is 26.2 Å². The first kappa shape index (κ1) is 18.7. The van der Waals surface area contributed by atoms with E-state index in [1.54, 1.807) is 0 Å². The summed E-state index contributed by atoms with van der Waals surface area (Å²) in [4.78, 5) is 2.34. The molecule has 0 aliphatic carbocycles. The van der Waals surface area contributed by atoms with Crippen molar-refractivity contribution < 1.29 is 9.84 Å². The summed E-state index contributed by atoms with van der Waals surface area (Å²) >= 11 is 2.31. The zero-order valence-electron chi connectivity index (χ0n) is 14.7. The molecule has 1 fully saturated rings. The molecule has 1 aliphatic heterocycles. The maximum atomic E-state index is 10.6. The van der Waals surface area contributed by atoms with Crippen molar-refractivity contribution in [2.45, 2.75) is 31.8 Å². The SMILES string of the molecule is CC(O)(COc1ccc(-c2ccc(I)cc2)cc1)CN1CCCCC1. The van der Waals surface area contributed by atoms with Crippen molar-refractivity contribution in [2.24, 2.45) is 0 Å². The summed E-state index contributed by atoms with van der Waals surface area (Å²) < 4.78 is 7.08. The second-order valence-electron chi connectivity index (χ2n) is 7.15. The Bertz CT molecular complexity index is 661. The second-order valence-corrected chi connectivity index (χ2v) is 8.40. The van der Waals surface area contributed by atoms with E-state index in [1.807, 2.05) is 19.1 Å². The normalized spacial score (nSPS) is 17.9. The summed E-state index contributed by atoms with van der Waals surface area (Å²) in [5.41, 5.74) is 1.54. The van der Waals surface area contributed by atoms with Crippen LogP contribution < -0.4 is 4.74 Å². The van der Waals surface area contributed by atoms with Gasteiger partial charge in [0, 0.05) is 10.1 Å². The lowest BCUT2D eigenvalue weighted by Gasteiger charge is -2.33. The number of hydrogen-bond acceptors (Lipinski definition) is 3. The molecule has 4 heteroatoms. The predicted molar refractivity (Wildman–Crippen MR) is 111 cm³/mol. The minimum absolute atomic E-state index is 0.312. The summed E-state index contributed by atoms with van der Waals surface area (Å²) in [6.45, 7) is 5.02. The van der Waals surface area contributed by atoms with E-state index < -0.39 is 5.60 Å². The van der Waals surface area contributed by atoms with Gasteiger partial charge in [0.25, 0.3) is 0 Å². The molecule has 1 unspecified atom stereocenters. The van der Waals surface area contributed by atoms with E-state index >= 15 is 0 Å². The molecule has 2 aromatic carbocycles. The Morgan fingerprint density at radius 3 is 2.12 bits per heavy atom. The molecule has 1 N–H and O–H groups in total. The molecule has 1 saturated heterocycles. The first-order valence-corrected chi connectivity index (χ1v) is 10.0. The Kier molecular flexibility index (Phi) is 6.36. The molecule has 25 heavy (non-hydrogen) atoms. The molecule has 0 radical (unpaired) electrons. The monoisotopic (exact) mass is 451 g/mol.